The van der Waals surface area contributed by atoms with Crippen molar-refractivity contribution in [3.63, 3.8) is 0 Å². The number of amides is 2. The van der Waals surface area contributed by atoms with Crippen LogP contribution in [-0.2, 0) is 16.6 Å². The molecule has 8 rings (SSSR count). The number of fused-ring (bicyclic) bond motifs is 1. The minimum absolute atomic E-state index is 0.0426. The zero-order chi connectivity index (χ0) is 39.7. The van der Waals surface area contributed by atoms with E-state index < -0.39 is 47.0 Å². The lowest BCUT2D eigenvalue weighted by molar-refractivity contribution is 0.00469. The molecule has 0 bridgehead atoms. The third-order valence-electron chi connectivity index (χ3n) is 10.4. The van der Waals surface area contributed by atoms with Gasteiger partial charge in [0, 0.05) is 37.3 Å². The number of nitrogens with one attached hydrogen (secondary N) is 3. The van der Waals surface area contributed by atoms with E-state index >= 15 is 0 Å². The molecule has 6 aromatic rings. The lowest BCUT2D eigenvalue weighted by Crippen LogP contribution is -2.40. The smallest absolute Gasteiger partial charge is 0.319 e. The van der Waals surface area contributed by atoms with Gasteiger partial charge in [0.25, 0.3) is 0 Å². The number of imidazole rings is 1. The number of sulfonamides is 1. The molecule has 0 spiro atoms. The molecule has 2 fully saturated rings. The van der Waals surface area contributed by atoms with Gasteiger partial charge in [-0.05, 0) is 47.4 Å². The fourth-order valence-corrected chi connectivity index (χ4v) is 8.08. The highest BCUT2D eigenvalue weighted by Crippen LogP contribution is 2.40. The summed E-state index contributed by atoms with van der Waals surface area (Å²) in [6.45, 7) is 0.901. The van der Waals surface area contributed by atoms with E-state index in [1.54, 1.807) is 17.0 Å². The van der Waals surface area contributed by atoms with Gasteiger partial charge in [-0.25, -0.2) is 23.3 Å². The molecule has 1 unspecified atom stereocenters. The van der Waals surface area contributed by atoms with Crippen molar-refractivity contribution < 1.29 is 28.5 Å². The summed E-state index contributed by atoms with van der Waals surface area (Å²) in [5.41, 5.74) is 3.36. The number of anilines is 3. The average molecular weight is 796 g/mol. The summed E-state index contributed by atoms with van der Waals surface area (Å²) in [5, 5.41) is 58.3. The predicted octanol–water partition coefficient (Wildman–Crippen LogP) is 1.50. The number of primary sulfonamides is 1. The Bertz CT molecular complexity index is 2430. The maximum Gasteiger partial charge on any atom is 0.319 e. The summed E-state index contributed by atoms with van der Waals surface area (Å²) in [4.78, 5) is 30.7. The Kier molecular flexibility index (Phi) is 10.5. The molecule has 5 atom stereocenters. The minimum Gasteiger partial charge on any atom is -0.388 e. The first kappa shape index (κ1) is 37.8. The Morgan fingerprint density at radius 2 is 1.67 bits per heavy atom. The third kappa shape index (κ3) is 7.98. The summed E-state index contributed by atoms with van der Waals surface area (Å²) in [6.07, 6.45) is -0.139. The topological polar surface area (TPSA) is 264 Å². The number of carbonyl (C=O) groups excluding carboxylic acids is 1. The van der Waals surface area contributed by atoms with E-state index in [9.17, 15) is 28.5 Å². The van der Waals surface area contributed by atoms with Crippen LogP contribution in [0.5, 0.6) is 0 Å². The molecule has 4 heterocycles. The van der Waals surface area contributed by atoms with E-state index in [0.29, 0.717) is 49.0 Å². The second kappa shape index (κ2) is 15.8. The number of hydrogen-bond acceptors (Lipinski definition) is 14. The number of carbonyl (C=O) groups is 1. The van der Waals surface area contributed by atoms with Crippen molar-refractivity contribution in [1.82, 2.24) is 45.0 Å². The molecular formula is C37H41N13O6S. The molecule has 20 heteroatoms. The average Bonchev–Trinajstić information content (AvgIpc) is 4.03. The van der Waals surface area contributed by atoms with Crippen molar-refractivity contribution >= 4 is 44.7 Å². The molecule has 3 aromatic carbocycles. The van der Waals surface area contributed by atoms with E-state index in [0.717, 1.165) is 11.1 Å². The molecule has 1 aliphatic heterocycles. The number of hydrogen-bond donors (Lipinski definition) is 7. The SMILES string of the molecule is NS(=O)(=O)c1cccc(NC(=O)NC2CCN(c3nc(NCC(c4ccccc4)c4ccccc4)c4ncn([C@@H]5C[C@H](n6nnc(CO)n6)[C@@H](O)[C@H]5O)c4n3)C2)c1. The van der Waals surface area contributed by atoms with Gasteiger partial charge in [-0.15, -0.1) is 10.2 Å². The van der Waals surface area contributed by atoms with Crippen LogP contribution < -0.4 is 26.0 Å². The van der Waals surface area contributed by atoms with Gasteiger partial charge in [0.05, 0.1) is 17.3 Å². The fourth-order valence-electron chi connectivity index (χ4n) is 7.52. The van der Waals surface area contributed by atoms with Gasteiger partial charge in [-0.3, -0.25) is 0 Å². The molecule has 296 valence electrons. The van der Waals surface area contributed by atoms with E-state index in [4.69, 9.17) is 20.1 Å². The molecule has 8 N–H and O–H groups in total. The predicted molar refractivity (Wildman–Crippen MR) is 208 cm³/mol. The minimum atomic E-state index is -3.95. The lowest BCUT2D eigenvalue weighted by Gasteiger charge is -2.22. The Labute approximate surface area is 326 Å². The molecule has 1 saturated heterocycles. The van der Waals surface area contributed by atoms with Crippen LogP contribution in [0.4, 0.5) is 22.2 Å². The van der Waals surface area contributed by atoms with Crippen molar-refractivity contribution in [2.45, 2.75) is 60.6 Å². The van der Waals surface area contributed by atoms with Crippen LogP contribution in [0.15, 0.2) is 96.2 Å². The highest BCUT2D eigenvalue weighted by atomic mass is 32.2. The van der Waals surface area contributed by atoms with Crippen LogP contribution in [-0.4, -0.2) is 107 Å². The number of nitrogens with two attached hydrogens (primary N) is 1. The molecule has 19 nitrogen and oxygen atoms in total. The van der Waals surface area contributed by atoms with Crippen LogP contribution in [0.2, 0.25) is 0 Å². The summed E-state index contributed by atoms with van der Waals surface area (Å²) < 4.78 is 25.3. The number of tetrazole rings is 1. The van der Waals surface area contributed by atoms with Crippen molar-refractivity contribution in [3.05, 3.63) is 108 Å². The Morgan fingerprint density at radius 3 is 2.35 bits per heavy atom. The number of aliphatic hydroxyl groups excluding tert-OH is 3. The van der Waals surface area contributed by atoms with Gasteiger partial charge in [-0.2, -0.15) is 14.8 Å². The van der Waals surface area contributed by atoms with Gasteiger partial charge in [0.1, 0.15) is 24.9 Å². The molecular weight excluding hydrogens is 755 g/mol. The van der Waals surface area contributed by atoms with Crippen LogP contribution in [0.3, 0.4) is 0 Å². The number of urea groups is 1. The van der Waals surface area contributed by atoms with Crippen molar-refractivity contribution in [2.24, 2.45) is 5.14 Å². The fraction of sp³-hybridized carbons (Fsp3) is 0.324. The highest BCUT2D eigenvalue weighted by Gasteiger charge is 2.45. The largest absolute Gasteiger partial charge is 0.388 e. The van der Waals surface area contributed by atoms with Crippen LogP contribution in [0, 0.1) is 0 Å². The lowest BCUT2D eigenvalue weighted by atomic mass is 9.91. The molecule has 2 amide bonds. The highest BCUT2D eigenvalue weighted by molar-refractivity contribution is 7.89. The van der Waals surface area contributed by atoms with Gasteiger partial charge >= 0.3 is 6.03 Å². The second-order valence-electron chi connectivity index (χ2n) is 14.1. The normalized spacial score (nSPS) is 21.0. The summed E-state index contributed by atoms with van der Waals surface area (Å²) in [6, 6.07) is 23.7. The third-order valence-corrected chi connectivity index (χ3v) is 11.3. The first-order chi connectivity index (χ1) is 27.6. The summed E-state index contributed by atoms with van der Waals surface area (Å²) >= 11 is 0. The van der Waals surface area contributed by atoms with Crippen molar-refractivity contribution in [1.29, 1.82) is 0 Å². The Balaban J connectivity index is 1.08. The Hall–Kier alpha value is -6.06. The van der Waals surface area contributed by atoms with E-state index in [1.165, 1.54) is 23.0 Å². The summed E-state index contributed by atoms with van der Waals surface area (Å²) in [7, 11) is -3.95. The van der Waals surface area contributed by atoms with E-state index in [-0.39, 0.29) is 34.8 Å². The molecule has 2 aliphatic rings. The van der Waals surface area contributed by atoms with Crippen LogP contribution in [0.25, 0.3) is 11.2 Å². The monoisotopic (exact) mass is 795 g/mol. The molecule has 0 radical (unpaired) electrons. The maximum atomic E-state index is 13.0. The first-order valence-electron chi connectivity index (χ1n) is 18.3. The number of aromatic nitrogens is 8. The number of benzene rings is 3. The molecule has 1 aliphatic carbocycles. The van der Waals surface area contributed by atoms with Gasteiger partial charge < -0.3 is 40.7 Å². The van der Waals surface area contributed by atoms with Crippen LogP contribution in [0.1, 0.15) is 47.8 Å². The van der Waals surface area contributed by atoms with Crippen molar-refractivity contribution in [3.8, 4) is 0 Å². The zero-order valence-electron chi connectivity index (χ0n) is 30.4. The second-order valence-corrected chi connectivity index (χ2v) is 15.7. The van der Waals surface area contributed by atoms with Gasteiger partial charge in [-0.1, -0.05) is 66.7 Å². The Morgan fingerprint density at radius 1 is 0.947 bits per heavy atom. The standard InChI is InChI=1S/C37H41N13O6S/c38-57(55,56)26-13-7-12-24(16-26)41-37(54)42-25-14-15-48(19-25)36-43-34(39-18-27(22-8-3-1-4-9-22)23-10-5-2-6-11-23)31-35(44-36)49(21-40-31)28-17-29(33(53)32(28)52)50-46-30(20-51)45-47-50/h1-13,16,21,25,27-29,32-33,51-53H,14-15,17-20H2,(H2,38,55,56)(H,39,43,44)(H2,41,42,54)/t25?,28-,29+,32+,33-/m1/s1. The molecule has 3 aromatic heterocycles. The maximum absolute atomic E-state index is 13.0. The molecule has 1 saturated carbocycles. The van der Waals surface area contributed by atoms with E-state index in [1.807, 2.05) is 41.3 Å². The first-order valence-corrected chi connectivity index (χ1v) is 19.9. The van der Waals surface area contributed by atoms with Crippen LogP contribution >= 0.6 is 0 Å². The van der Waals surface area contributed by atoms with Crippen molar-refractivity contribution in [2.75, 3.05) is 35.2 Å². The van der Waals surface area contributed by atoms with Gasteiger partial charge in [0.2, 0.25) is 16.0 Å². The number of nitrogens with zero attached hydrogens (tertiary/aromatic N) is 9. The number of aliphatic hydroxyl groups is 3. The van der Waals surface area contributed by atoms with Gasteiger partial charge in [0.15, 0.2) is 22.8 Å². The number of rotatable bonds is 12. The van der Waals surface area contributed by atoms with E-state index in [2.05, 4.69) is 55.6 Å². The molecule has 57 heavy (non-hydrogen) atoms. The zero-order valence-corrected chi connectivity index (χ0v) is 31.3. The summed E-state index contributed by atoms with van der Waals surface area (Å²) in [5.74, 6) is 0.879. The quantitative estimate of drug-likeness (QED) is 0.0926.